The quantitative estimate of drug-likeness (QED) is 0.107. The van der Waals surface area contributed by atoms with Crippen LogP contribution >= 0.6 is 0 Å². The highest BCUT2D eigenvalue weighted by molar-refractivity contribution is 6.13. The molecular formula is C79H67N5. The highest BCUT2D eigenvalue weighted by atomic mass is 15.0. The van der Waals surface area contributed by atoms with E-state index in [0.29, 0.717) is 0 Å². The van der Waals surface area contributed by atoms with Crippen LogP contribution in [0, 0.1) is 0 Å². The third-order valence-electron chi connectivity index (χ3n) is 14.4. The Morgan fingerprint density at radius 1 is 0.310 bits per heavy atom. The molecule has 0 spiro atoms. The third-order valence-corrected chi connectivity index (χ3v) is 14.4. The van der Waals surface area contributed by atoms with E-state index >= 15 is 0 Å². The molecule has 0 bridgehead atoms. The molecule has 84 heavy (non-hydrogen) atoms. The highest BCUT2D eigenvalue weighted by Crippen LogP contribution is 2.40. The van der Waals surface area contributed by atoms with Gasteiger partial charge in [-0.1, -0.05) is 208 Å². The zero-order chi connectivity index (χ0) is 58.4. The van der Waals surface area contributed by atoms with E-state index < -0.39 is 0 Å². The maximum atomic E-state index is 5.19. The van der Waals surface area contributed by atoms with Crippen molar-refractivity contribution in [1.82, 2.24) is 23.7 Å². The molecule has 0 saturated carbocycles. The predicted molar refractivity (Wildman–Crippen MR) is 364 cm³/mol. The van der Waals surface area contributed by atoms with E-state index in [-0.39, 0.29) is 0 Å². The maximum absolute atomic E-state index is 5.19. The predicted octanol–water partition coefficient (Wildman–Crippen LogP) is 21.9. The Morgan fingerprint density at radius 2 is 0.690 bits per heavy atom. The van der Waals surface area contributed by atoms with Crippen LogP contribution in [0.1, 0.15) is 20.8 Å². The van der Waals surface area contributed by atoms with E-state index in [1.54, 1.807) is 30.4 Å². The molecule has 0 fully saturated rings. The fourth-order valence-electron chi connectivity index (χ4n) is 10.8. The molecule has 5 aromatic heterocycles. The van der Waals surface area contributed by atoms with Crippen molar-refractivity contribution >= 4 is 65.5 Å². The highest BCUT2D eigenvalue weighted by Gasteiger charge is 2.19. The second kappa shape index (κ2) is 26.6. The van der Waals surface area contributed by atoms with Crippen molar-refractivity contribution in [2.45, 2.75) is 20.8 Å². The van der Waals surface area contributed by atoms with Gasteiger partial charge in [0.1, 0.15) is 0 Å². The Labute approximate surface area is 493 Å². The maximum Gasteiger partial charge on any atom is 0.0963 e. The number of pyridine rings is 2. The van der Waals surface area contributed by atoms with Crippen LogP contribution in [0.3, 0.4) is 0 Å². The number of rotatable bonds is 9. The average Bonchev–Trinajstić information content (AvgIpc) is 2.05. The van der Waals surface area contributed by atoms with Crippen molar-refractivity contribution in [2.24, 2.45) is 0 Å². The monoisotopic (exact) mass is 1090 g/mol. The summed E-state index contributed by atoms with van der Waals surface area (Å²) in [4.78, 5) is 10.0. The number of benzene rings is 9. The molecular weight excluding hydrogens is 1020 g/mol. The molecule has 14 rings (SSSR count). The van der Waals surface area contributed by atoms with Crippen molar-refractivity contribution in [3.8, 4) is 61.8 Å². The molecule has 5 nitrogen and oxygen atoms in total. The zero-order valence-corrected chi connectivity index (χ0v) is 48.0. The molecule has 0 aliphatic carbocycles. The van der Waals surface area contributed by atoms with E-state index in [4.69, 9.17) is 9.97 Å². The van der Waals surface area contributed by atoms with Gasteiger partial charge in [0.25, 0.3) is 0 Å². The van der Waals surface area contributed by atoms with Crippen molar-refractivity contribution in [3.63, 3.8) is 0 Å². The van der Waals surface area contributed by atoms with Crippen molar-refractivity contribution in [3.05, 3.63) is 324 Å². The second-order valence-corrected chi connectivity index (χ2v) is 19.9. The van der Waals surface area contributed by atoms with Crippen LogP contribution in [-0.2, 0) is 0 Å². The van der Waals surface area contributed by atoms with Gasteiger partial charge in [-0.25, -0.2) is 4.98 Å². The van der Waals surface area contributed by atoms with Crippen molar-refractivity contribution < 1.29 is 0 Å². The van der Waals surface area contributed by atoms with Crippen LogP contribution in [0.2, 0.25) is 0 Å². The Balaban J connectivity index is 0.000000474. The molecule has 0 radical (unpaired) electrons. The number of nitrogens with zero attached hydrogens (tertiary/aromatic N) is 5. The summed E-state index contributed by atoms with van der Waals surface area (Å²) in [6, 6.07) is 87.3. The Morgan fingerprint density at radius 3 is 1.17 bits per heavy atom. The van der Waals surface area contributed by atoms with E-state index in [1.807, 2.05) is 45.2 Å². The van der Waals surface area contributed by atoms with Crippen LogP contribution in [0.5, 0.6) is 0 Å². The molecule has 0 N–H and O–H groups in total. The summed E-state index contributed by atoms with van der Waals surface area (Å²) in [5, 5.41) is 6.02. The minimum atomic E-state index is 0.942. The van der Waals surface area contributed by atoms with Crippen LogP contribution < -0.4 is 0 Å². The van der Waals surface area contributed by atoms with E-state index in [2.05, 4.69) is 283 Å². The Bertz CT molecular complexity index is 4580. The fraction of sp³-hybridized carbons (Fsp3) is 0.0380. The van der Waals surface area contributed by atoms with Gasteiger partial charge >= 0.3 is 0 Å². The van der Waals surface area contributed by atoms with Crippen LogP contribution in [0.4, 0.5) is 0 Å². The van der Waals surface area contributed by atoms with Gasteiger partial charge in [-0.2, -0.15) is 0 Å². The van der Waals surface area contributed by atoms with Crippen LogP contribution in [0.25, 0.3) is 127 Å². The molecule has 5 heteroatoms. The molecule has 0 atom stereocenters. The molecule has 0 aliphatic heterocycles. The number of aromatic nitrogens is 5. The lowest BCUT2D eigenvalue weighted by Crippen LogP contribution is -1.98. The van der Waals surface area contributed by atoms with Gasteiger partial charge in [-0.05, 0) is 140 Å². The first-order chi connectivity index (χ1) is 41.4. The van der Waals surface area contributed by atoms with E-state index in [9.17, 15) is 0 Å². The fourth-order valence-corrected chi connectivity index (χ4v) is 10.8. The number of allylic oxidation sites excluding steroid dienone is 7. The minimum Gasteiger partial charge on any atom is -0.309 e. The van der Waals surface area contributed by atoms with Crippen molar-refractivity contribution in [1.29, 1.82) is 0 Å². The Kier molecular flexibility index (Phi) is 17.9. The number of para-hydroxylation sites is 3. The van der Waals surface area contributed by atoms with Gasteiger partial charge in [0, 0.05) is 55.6 Å². The summed E-state index contributed by atoms with van der Waals surface area (Å²) in [5.41, 5.74) is 20.0. The first-order valence-electron chi connectivity index (χ1n) is 28.2. The lowest BCUT2D eigenvalue weighted by Gasteiger charge is -2.13. The summed E-state index contributed by atoms with van der Waals surface area (Å²) < 4.78 is 7.11. The lowest BCUT2D eigenvalue weighted by molar-refractivity contribution is 1.16. The minimum absolute atomic E-state index is 0.942. The molecule has 408 valence electrons. The largest absolute Gasteiger partial charge is 0.309 e. The SMILES string of the molecule is C=C/C=C\C.C=CC.C=CC.C=CC=C.c1ccc(-c2cc(-n3c4ccccc4c4cc(-c5ccc6c(c5)c5ccccc5n6-c5ccc(-c6ccc7c(c6)c6ncccc6n7-c6ccccc6)cc5)ccc43)cc(-c3ccccc3)n2)cc1. The molecule has 5 heterocycles. The smallest absolute Gasteiger partial charge is 0.0963 e. The standard InChI is InChI=1S/C64H41N5.C5H8.C4H6.2C3H6/c1-4-15-43(16-5-1)56-40-50(41-57(66-56)44-17-6-2-7-18-44)69-59-24-13-11-22-52(59)54-38-47(30-34-61(54)69)46-29-33-60-53(37-46)51-21-10-12-23-58(51)67(60)49-31-26-42(27-32-49)45-28-35-62-55(39-45)64-63(25-14-36-65-64)68(62)48-19-8-3-9-20-48;1-3-5-4-2;1-3-4-2;2*1-3-2/h1-41H;3-5H,1H2,2H3;3-4H,1-2H2;2*3H,1H2,2H3/b;5-4-;;;. The summed E-state index contributed by atoms with van der Waals surface area (Å²) in [5.74, 6) is 0. The molecule has 0 amide bonds. The van der Waals surface area contributed by atoms with Gasteiger partial charge in [0.2, 0.25) is 0 Å². The normalized spacial score (nSPS) is 10.8. The summed E-state index contributed by atoms with van der Waals surface area (Å²) >= 11 is 0. The zero-order valence-electron chi connectivity index (χ0n) is 48.0. The van der Waals surface area contributed by atoms with Crippen LogP contribution in [0.15, 0.2) is 324 Å². The van der Waals surface area contributed by atoms with Gasteiger partial charge in [0.15, 0.2) is 0 Å². The van der Waals surface area contributed by atoms with E-state index in [0.717, 1.165) is 83.7 Å². The second-order valence-electron chi connectivity index (χ2n) is 19.9. The average molecular weight is 1090 g/mol. The molecule has 0 saturated heterocycles. The number of fused-ring (bicyclic) bond motifs is 9. The van der Waals surface area contributed by atoms with Crippen LogP contribution in [-0.4, -0.2) is 23.7 Å². The van der Waals surface area contributed by atoms with Crippen molar-refractivity contribution in [2.75, 3.05) is 0 Å². The number of hydrogen-bond donors (Lipinski definition) is 0. The first-order valence-corrected chi connectivity index (χ1v) is 28.2. The Hall–Kier alpha value is -10.9. The lowest BCUT2D eigenvalue weighted by atomic mass is 10.0. The first kappa shape index (κ1) is 56.4. The summed E-state index contributed by atoms with van der Waals surface area (Å²) in [6.45, 7) is 22.6. The van der Waals surface area contributed by atoms with E-state index in [1.165, 1.54) is 43.7 Å². The molecule has 0 aliphatic rings. The van der Waals surface area contributed by atoms with Gasteiger partial charge in [-0.15, -0.1) is 13.2 Å². The number of hydrogen-bond acceptors (Lipinski definition) is 2. The molecule has 9 aromatic carbocycles. The summed E-state index contributed by atoms with van der Waals surface area (Å²) in [7, 11) is 0. The molecule has 14 aromatic rings. The topological polar surface area (TPSA) is 40.6 Å². The third kappa shape index (κ3) is 11.5. The summed E-state index contributed by atoms with van der Waals surface area (Å²) in [6.07, 6.45) is 14.2. The molecule has 0 unspecified atom stereocenters. The van der Waals surface area contributed by atoms with Gasteiger partial charge in [0.05, 0.1) is 55.7 Å². The van der Waals surface area contributed by atoms with Gasteiger partial charge < -0.3 is 13.7 Å². The van der Waals surface area contributed by atoms with Gasteiger partial charge in [-0.3, -0.25) is 4.98 Å².